The Balaban J connectivity index is 2.59. The summed E-state index contributed by atoms with van der Waals surface area (Å²) in [6.45, 7) is 10.8. The number of nitrogens with zero attached hydrogens (tertiary/aromatic N) is 1. The van der Waals surface area contributed by atoms with Gasteiger partial charge < -0.3 is 20.1 Å². The molecule has 3 atom stereocenters. The number of aliphatic hydroxyl groups excluding tert-OH is 1. The van der Waals surface area contributed by atoms with E-state index in [4.69, 9.17) is 4.74 Å². The van der Waals surface area contributed by atoms with Gasteiger partial charge in [0, 0.05) is 24.7 Å². The second-order valence-corrected chi connectivity index (χ2v) is 7.41. The Labute approximate surface area is 135 Å². The predicted octanol–water partition coefficient (Wildman–Crippen LogP) is 2.92. The summed E-state index contributed by atoms with van der Waals surface area (Å²) in [5, 5.41) is 12.7. The number of piperidine rings is 1. The first-order valence-corrected chi connectivity index (χ1v) is 8.63. The van der Waals surface area contributed by atoms with Crippen LogP contribution in [0.3, 0.4) is 0 Å². The van der Waals surface area contributed by atoms with Crippen LogP contribution in [0.5, 0.6) is 0 Å². The van der Waals surface area contributed by atoms with E-state index in [0.29, 0.717) is 0 Å². The largest absolute Gasteiger partial charge is 0.444 e. The van der Waals surface area contributed by atoms with E-state index in [-0.39, 0.29) is 30.8 Å². The first-order valence-electron chi connectivity index (χ1n) is 8.63. The summed E-state index contributed by atoms with van der Waals surface area (Å²) in [5.74, 6) is 0. The highest BCUT2D eigenvalue weighted by molar-refractivity contribution is 5.68. The van der Waals surface area contributed by atoms with E-state index >= 15 is 0 Å². The Bertz CT molecular complexity index is 337. The van der Waals surface area contributed by atoms with Crippen molar-refractivity contribution in [2.24, 2.45) is 0 Å². The van der Waals surface area contributed by atoms with Crippen molar-refractivity contribution in [2.75, 3.05) is 13.2 Å². The van der Waals surface area contributed by atoms with Gasteiger partial charge in [-0.1, -0.05) is 6.92 Å². The molecule has 0 spiro atoms. The molecule has 1 saturated heterocycles. The molecule has 0 aromatic heterocycles. The van der Waals surface area contributed by atoms with Gasteiger partial charge in [0.05, 0.1) is 6.61 Å². The van der Waals surface area contributed by atoms with Crippen LogP contribution >= 0.6 is 0 Å². The zero-order valence-electron chi connectivity index (χ0n) is 14.9. The quantitative estimate of drug-likeness (QED) is 0.791. The maximum atomic E-state index is 12.4. The van der Waals surface area contributed by atoms with Crippen molar-refractivity contribution in [3.63, 3.8) is 0 Å². The van der Waals surface area contributed by atoms with E-state index < -0.39 is 5.60 Å². The van der Waals surface area contributed by atoms with Crippen molar-refractivity contribution in [3.05, 3.63) is 0 Å². The molecule has 0 bridgehead atoms. The third kappa shape index (κ3) is 6.53. The van der Waals surface area contributed by atoms with Crippen molar-refractivity contribution in [1.82, 2.24) is 10.2 Å². The minimum atomic E-state index is -0.451. The summed E-state index contributed by atoms with van der Waals surface area (Å²) in [5.41, 5.74) is -0.451. The molecule has 0 aliphatic carbocycles. The molecule has 2 unspecified atom stereocenters. The summed E-state index contributed by atoms with van der Waals surface area (Å²) < 4.78 is 5.54. The maximum absolute atomic E-state index is 12.4. The number of amides is 1. The average molecular weight is 314 g/mol. The molecule has 1 amide bonds. The fourth-order valence-electron chi connectivity index (χ4n) is 2.98. The van der Waals surface area contributed by atoms with Crippen molar-refractivity contribution in [2.45, 2.75) is 90.4 Å². The Kier molecular flexibility index (Phi) is 7.63. The van der Waals surface area contributed by atoms with Gasteiger partial charge in [0.1, 0.15) is 5.60 Å². The third-order valence-corrected chi connectivity index (χ3v) is 4.11. The molecule has 5 heteroatoms. The molecule has 1 fully saturated rings. The Morgan fingerprint density at radius 2 is 2.09 bits per heavy atom. The summed E-state index contributed by atoms with van der Waals surface area (Å²) in [4.78, 5) is 14.3. The molecule has 0 aromatic carbocycles. The zero-order chi connectivity index (χ0) is 16.8. The van der Waals surface area contributed by atoms with E-state index in [1.807, 2.05) is 25.7 Å². The lowest BCUT2D eigenvalue weighted by Gasteiger charge is -2.38. The van der Waals surface area contributed by atoms with Gasteiger partial charge in [-0.3, -0.25) is 0 Å². The highest BCUT2D eigenvalue weighted by Crippen LogP contribution is 2.23. The number of ether oxygens (including phenoxy) is 1. The lowest BCUT2D eigenvalue weighted by atomic mass is 9.96. The van der Waals surface area contributed by atoms with Gasteiger partial charge in [0.25, 0.3) is 0 Å². The van der Waals surface area contributed by atoms with Crippen LogP contribution in [-0.2, 0) is 4.74 Å². The molecule has 0 radical (unpaired) electrons. The number of rotatable bonds is 6. The third-order valence-electron chi connectivity index (χ3n) is 4.11. The molecule has 1 heterocycles. The zero-order valence-corrected chi connectivity index (χ0v) is 14.9. The second kappa shape index (κ2) is 8.73. The second-order valence-electron chi connectivity index (χ2n) is 7.41. The van der Waals surface area contributed by atoms with Gasteiger partial charge in [-0.15, -0.1) is 0 Å². The summed E-state index contributed by atoms with van der Waals surface area (Å²) in [6.07, 6.45) is 4.84. The topological polar surface area (TPSA) is 61.8 Å². The van der Waals surface area contributed by atoms with Crippen molar-refractivity contribution >= 4 is 6.09 Å². The molecule has 1 aliphatic rings. The van der Waals surface area contributed by atoms with Crippen LogP contribution in [0.1, 0.15) is 66.7 Å². The summed E-state index contributed by atoms with van der Waals surface area (Å²) >= 11 is 0. The lowest BCUT2D eigenvalue weighted by Crippen LogP contribution is -2.49. The van der Waals surface area contributed by atoms with E-state index in [2.05, 4.69) is 19.2 Å². The van der Waals surface area contributed by atoms with E-state index in [9.17, 15) is 9.90 Å². The molecule has 0 saturated carbocycles. The van der Waals surface area contributed by atoms with Crippen LogP contribution in [-0.4, -0.2) is 53.0 Å². The van der Waals surface area contributed by atoms with E-state index in [1.165, 1.54) is 0 Å². The molecule has 2 N–H and O–H groups in total. The van der Waals surface area contributed by atoms with Gasteiger partial charge in [-0.25, -0.2) is 4.79 Å². The van der Waals surface area contributed by atoms with Crippen LogP contribution in [0.2, 0.25) is 0 Å². The minimum Gasteiger partial charge on any atom is -0.444 e. The number of nitrogens with one attached hydrogen (secondary N) is 1. The Morgan fingerprint density at radius 3 is 2.64 bits per heavy atom. The fourth-order valence-corrected chi connectivity index (χ4v) is 2.98. The molecular weight excluding hydrogens is 280 g/mol. The van der Waals surface area contributed by atoms with Crippen molar-refractivity contribution in [1.29, 1.82) is 0 Å². The Hall–Kier alpha value is -0.810. The molecule has 0 aromatic rings. The smallest absolute Gasteiger partial charge is 0.410 e. The SMILES string of the molecule is CC[C@H](CO)NC(C)CC1CCCCN1C(=O)OC(C)(C)C. The number of likely N-dealkylation sites (tertiary alicyclic amines) is 1. The highest BCUT2D eigenvalue weighted by atomic mass is 16.6. The van der Waals surface area contributed by atoms with Gasteiger partial charge in [-0.05, 0) is 59.8 Å². The van der Waals surface area contributed by atoms with Gasteiger partial charge in [0.15, 0.2) is 0 Å². The Morgan fingerprint density at radius 1 is 1.41 bits per heavy atom. The van der Waals surface area contributed by atoms with Gasteiger partial charge in [-0.2, -0.15) is 0 Å². The molecular formula is C17H34N2O3. The van der Waals surface area contributed by atoms with E-state index in [0.717, 1.165) is 38.6 Å². The monoisotopic (exact) mass is 314 g/mol. The van der Waals surface area contributed by atoms with Crippen LogP contribution in [0, 0.1) is 0 Å². The van der Waals surface area contributed by atoms with Crippen LogP contribution in [0.4, 0.5) is 4.79 Å². The fraction of sp³-hybridized carbons (Fsp3) is 0.941. The van der Waals surface area contributed by atoms with Gasteiger partial charge >= 0.3 is 6.09 Å². The average Bonchev–Trinajstić information content (AvgIpc) is 2.43. The first kappa shape index (κ1) is 19.2. The highest BCUT2D eigenvalue weighted by Gasteiger charge is 2.31. The number of hydrogen-bond acceptors (Lipinski definition) is 4. The summed E-state index contributed by atoms with van der Waals surface area (Å²) in [7, 11) is 0. The predicted molar refractivity (Wildman–Crippen MR) is 89.0 cm³/mol. The number of hydrogen-bond donors (Lipinski definition) is 2. The summed E-state index contributed by atoms with van der Waals surface area (Å²) in [6, 6.07) is 0.626. The van der Waals surface area contributed by atoms with Crippen LogP contribution in [0.25, 0.3) is 0 Å². The van der Waals surface area contributed by atoms with Crippen molar-refractivity contribution < 1.29 is 14.6 Å². The number of aliphatic hydroxyl groups is 1. The van der Waals surface area contributed by atoms with E-state index in [1.54, 1.807) is 0 Å². The molecule has 5 nitrogen and oxygen atoms in total. The maximum Gasteiger partial charge on any atom is 0.410 e. The number of carbonyl (C=O) groups excluding carboxylic acids is 1. The minimum absolute atomic E-state index is 0.133. The van der Waals surface area contributed by atoms with Gasteiger partial charge in [0.2, 0.25) is 0 Å². The molecule has 1 aliphatic heterocycles. The molecule has 1 rings (SSSR count). The molecule has 22 heavy (non-hydrogen) atoms. The first-order chi connectivity index (χ1) is 10.3. The van der Waals surface area contributed by atoms with Crippen molar-refractivity contribution in [3.8, 4) is 0 Å². The normalized spacial score (nSPS) is 22.3. The molecule has 130 valence electrons. The van der Waals surface area contributed by atoms with Crippen LogP contribution < -0.4 is 5.32 Å². The number of carbonyl (C=O) groups is 1. The standard InChI is InChI=1S/C17H34N2O3/c1-6-14(12-20)18-13(2)11-15-9-7-8-10-19(15)16(21)22-17(3,4)5/h13-15,18,20H,6-12H2,1-5H3/t13?,14-,15?/m1/s1. The lowest BCUT2D eigenvalue weighted by molar-refractivity contribution is 0.00765. The van der Waals surface area contributed by atoms with Crippen LogP contribution in [0.15, 0.2) is 0 Å².